The van der Waals surface area contributed by atoms with Crippen LogP contribution in [0.15, 0.2) is 79.1 Å². The molecule has 1 N–H and O–H groups in total. The lowest BCUT2D eigenvalue weighted by atomic mass is 10.0. The van der Waals surface area contributed by atoms with Gasteiger partial charge in [-0.2, -0.15) is 13.3 Å². The molecule has 0 bridgehead atoms. The molecule has 5 aromatic rings. The molecule has 0 spiro atoms. The average molecular weight is 429 g/mol. The number of anilines is 2. The Morgan fingerprint density at radius 3 is 2.44 bits per heavy atom. The highest BCUT2D eigenvalue weighted by Gasteiger charge is 2.40. The van der Waals surface area contributed by atoms with Crippen LogP contribution < -0.4 is 5.32 Å². The van der Waals surface area contributed by atoms with Crippen molar-refractivity contribution >= 4 is 17.2 Å². The van der Waals surface area contributed by atoms with Crippen LogP contribution in [0, 0.1) is 6.92 Å². The van der Waals surface area contributed by atoms with Gasteiger partial charge in [-0.1, -0.05) is 36.4 Å². The highest BCUT2D eigenvalue weighted by atomic mass is 19.3. The Morgan fingerprint density at radius 2 is 1.66 bits per heavy atom. The fourth-order valence-corrected chi connectivity index (χ4v) is 3.25. The smallest absolute Gasteiger partial charge is 0.333 e. The summed E-state index contributed by atoms with van der Waals surface area (Å²) in [5.41, 5.74) is 2.12. The molecule has 9 heteroatoms. The van der Waals surface area contributed by atoms with Crippen molar-refractivity contribution in [2.45, 2.75) is 12.8 Å². The third-order valence-corrected chi connectivity index (χ3v) is 4.85. The first-order valence-corrected chi connectivity index (χ1v) is 9.83. The zero-order valence-corrected chi connectivity index (χ0v) is 16.9. The van der Waals surface area contributed by atoms with Crippen LogP contribution in [0.4, 0.5) is 20.3 Å². The molecule has 0 saturated carbocycles. The van der Waals surface area contributed by atoms with Crippen molar-refractivity contribution in [3.8, 4) is 11.4 Å². The summed E-state index contributed by atoms with van der Waals surface area (Å²) in [6, 6.07) is 18.5. The van der Waals surface area contributed by atoms with Crippen molar-refractivity contribution in [2.24, 2.45) is 0 Å². The van der Waals surface area contributed by atoms with Gasteiger partial charge in [0, 0.05) is 29.2 Å². The summed E-state index contributed by atoms with van der Waals surface area (Å²) in [6.07, 6.45) is 3.29. The first-order chi connectivity index (χ1) is 15.5. The minimum absolute atomic E-state index is 0.219. The van der Waals surface area contributed by atoms with E-state index in [2.05, 4.69) is 30.6 Å². The maximum absolute atomic E-state index is 15.5. The van der Waals surface area contributed by atoms with Crippen LogP contribution in [-0.4, -0.2) is 29.8 Å². The van der Waals surface area contributed by atoms with Crippen molar-refractivity contribution in [2.75, 3.05) is 5.32 Å². The number of nitrogens with one attached hydrogen (secondary N) is 1. The van der Waals surface area contributed by atoms with E-state index in [0.29, 0.717) is 17.2 Å². The highest BCUT2D eigenvalue weighted by molar-refractivity contribution is 5.58. The van der Waals surface area contributed by atoms with Gasteiger partial charge < -0.3 is 5.32 Å². The molecule has 0 aliphatic rings. The van der Waals surface area contributed by atoms with Gasteiger partial charge in [0.15, 0.2) is 17.3 Å². The second-order valence-electron chi connectivity index (χ2n) is 7.24. The van der Waals surface area contributed by atoms with E-state index >= 15 is 8.78 Å². The van der Waals surface area contributed by atoms with Crippen molar-refractivity contribution < 1.29 is 8.78 Å². The Bertz CT molecular complexity index is 1380. The van der Waals surface area contributed by atoms with Crippen LogP contribution in [0.3, 0.4) is 0 Å². The molecule has 5 rings (SSSR count). The summed E-state index contributed by atoms with van der Waals surface area (Å²) >= 11 is 0. The summed E-state index contributed by atoms with van der Waals surface area (Å²) in [4.78, 5) is 8.45. The maximum Gasteiger partial charge on any atom is 0.333 e. The van der Waals surface area contributed by atoms with Crippen LogP contribution in [0.2, 0.25) is 0 Å². The van der Waals surface area contributed by atoms with E-state index in [-0.39, 0.29) is 11.2 Å². The number of rotatable bonds is 5. The van der Waals surface area contributed by atoms with Crippen LogP contribution in [0.5, 0.6) is 0 Å². The van der Waals surface area contributed by atoms with E-state index in [1.54, 1.807) is 36.7 Å². The summed E-state index contributed by atoms with van der Waals surface area (Å²) in [5.74, 6) is -3.27. The molecule has 2 aromatic carbocycles. The number of hydrogen-bond acceptors (Lipinski definition) is 6. The summed E-state index contributed by atoms with van der Waals surface area (Å²) in [7, 11) is 0. The quantitative estimate of drug-likeness (QED) is 0.433. The fraction of sp³-hybridized carbons (Fsp3) is 0.0870. The van der Waals surface area contributed by atoms with Crippen LogP contribution in [0.25, 0.3) is 17.0 Å². The third-order valence-electron chi connectivity index (χ3n) is 4.85. The molecule has 0 radical (unpaired) electrons. The molecule has 158 valence electrons. The predicted octanol–water partition coefficient (Wildman–Crippen LogP) is 4.77. The molecule has 0 saturated heterocycles. The molecule has 3 aromatic heterocycles. The summed E-state index contributed by atoms with van der Waals surface area (Å²) < 4.78 is 32.1. The Balaban J connectivity index is 1.53. The van der Waals surface area contributed by atoms with E-state index in [9.17, 15) is 0 Å². The number of aryl methyl sites for hydroxylation is 1. The van der Waals surface area contributed by atoms with Gasteiger partial charge in [0.1, 0.15) is 0 Å². The number of halogens is 2. The number of aromatic nitrogens is 6. The Morgan fingerprint density at radius 1 is 0.875 bits per heavy atom. The van der Waals surface area contributed by atoms with E-state index in [4.69, 9.17) is 0 Å². The van der Waals surface area contributed by atoms with E-state index < -0.39 is 11.7 Å². The van der Waals surface area contributed by atoms with Gasteiger partial charge in [-0.3, -0.25) is 0 Å². The first kappa shape index (κ1) is 19.7. The third kappa shape index (κ3) is 3.64. The second-order valence-corrected chi connectivity index (χ2v) is 7.24. The minimum Gasteiger partial charge on any atom is -0.339 e. The van der Waals surface area contributed by atoms with Crippen molar-refractivity contribution in [3.63, 3.8) is 0 Å². The van der Waals surface area contributed by atoms with Crippen LogP contribution in [0.1, 0.15) is 17.0 Å². The summed E-state index contributed by atoms with van der Waals surface area (Å²) in [6.45, 7) is 1.86. The van der Waals surface area contributed by atoms with Crippen LogP contribution in [-0.2, 0) is 5.92 Å². The largest absolute Gasteiger partial charge is 0.339 e. The maximum atomic E-state index is 15.5. The monoisotopic (exact) mass is 429 g/mol. The molecule has 0 aliphatic heterocycles. The van der Waals surface area contributed by atoms with E-state index in [1.807, 2.05) is 37.3 Å². The molecule has 0 atom stereocenters. The standard InChI is InChI=1S/C23H17F2N7/c1-15-13-26-21(27-14-15)16-6-5-7-17(12-16)23(24,25)22-30-29-20-11-10-19(31-32(20)22)28-18-8-3-2-4-9-18/h2-14H,1H3,(H,28,31). The van der Waals surface area contributed by atoms with E-state index in [1.165, 1.54) is 12.1 Å². The molecular formula is C23H17F2N7. The fourth-order valence-electron chi connectivity index (χ4n) is 3.25. The normalized spacial score (nSPS) is 11.6. The number of benzene rings is 2. The van der Waals surface area contributed by atoms with Gasteiger partial charge in [-0.15, -0.1) is 15.3 Å². The number of fused-ring (bicyclic) bond motifs is 1. The van der Waals surface area contributed by atoms with Gasteiger partial charge >= 0.3 is 5.92 Å². The SMILES string of the molecule is Cc1cnc(-c2cccc(C(F)(F)c3nnc4ccc(Nc5ccccc5)nn34)c2)nc1. The number of para-hydroxylation sites is 1. The van der Waals surface area contributed by atoms with Crippen molar-refractivity contribution in [1.29, 1.82) is 0 Å². The first-order valence-electron chi connectivity index (χ1n) is 9.83. The zero-order valence-electron chi connectivity index (χ0n) is 16.9. The molecule has 0 aliphatic carbocycles. The van der Waals surface area contributed by atoms with E-state index in [0.717, 1.165) is 15.8 Å². The molecule has 0 amide bonds. The Kier molecular flexibility index (Phi) is 4.78. The number of nitrogens with zero attached hydrogens (tertiary/aromatic N) is 6. The Hall–Kier alpha value is -4.27. The number of alkyl halides is 2. The van der Waals surface area contributed by atoms with Gasteiger partial charge in [-0.05, 0) is 42.8 Å². The minimum atomic E-state index is -3.45. The van der Waals surface area contributed by atoms with Gasteiger partial charge in [0.2, 0.25) is 5.82 Å². The zero-order chi connectivity index (χ0) is 22.1. The highest BCUT2D eigenvalue weighted by Crippen LogP contribution is 2.36. The van der Waals surface area contributed by atoms with Gasteiger partial charge in [0.25, 0.3) is 0 Å². The second kappa shape index (κ2) is 7.77. The molecule has 0 fully saturated rings. The molecule has 32 heavy (non-hydrogen) atoms. The lowest BCUT2D eigenvalue weighted by Gasteiger charge is -2.15. The summed E-state index contributed by atoms with van der Waals surface area (Å²) in [5, 5.41) is 15.0. The van der Waals surface area contributed by atoms with Crippen molar-refractivity contribution in [1.82, 2.24) is 29.8 Å². The predicted molar refractivity (Wildman–Crippen MR) is 116 cm³/mol. The van der Waals surface area contributed by atoms with Gasteiger partial charge in [-0.25, -0.2) is 9.97 Å². The number of hydrogen-bond donors (Lipinski definition) is 1. The molecular weight excluding hydrogens is 412 g/mol. The lowest BCUT2D eigenvalue weighted by molar-refractivity contribution is 0.0307. The topological polar surface area (TPSA) is 80.9 Å². The average Bonchev–Trinajstić information content (AvgIpc) is 3.24. The Labute approximate surface area is 181 Å². The van der Waals surface area contributed by atoms with Crippen molar-refractivity contribution in [3.05, 3.63) is 96.1 Å². The van der Waals surface area contributed by atoms with Gasteiger partial charge in [0.05, 0.1) is 0 Å². The molecule has 0 unspecified atom stereocenters. The lowest BCUT2D eigenvalue weighted by Crippen LogP contribution is -2.20. The molecule has 3 heterocycles. The van der Waals surface area contributed by atoms with Crippen LogP contribution >= 0.6 is 0 Å². The molecule has 7 nitrogen and oxygen atoms in total.